The summed E-state index contributed by atoms with van der Waals surface area (Å²) in [7, 11) is 0. The topological polar surface area (TPSA) is 49.2 Å². The molecular formula is C9H11N3OS. The zero-order valence-electron chi connectivity index (χ0n) is 7.72. The maximum Gasteiger partial charge on any atom is 0.156 e. The summed E-state index contributed by atoms with van der Waals surface area (Å²) in [4.78, 5) is 7.49. The molecule has 2 heterocycles. The molecule has 5 heteroatoms. The van der Waals surface area contributed by atoms with Gasteiger partial charge < -0.3 is 4.74 Å². The van der Waals surface area contributed by atoms with Crippen LogP contribution in [0.5, 0.6) is 0 Å². The summed E-state index contributed by atoms with van der Waals surface area (Å²) in [5.74, 6) is 0. The summed E-state index contributed by atoms with van der Waals surface area (Å²) in [6.07, 6.45) is 1.61. The third-order valence-corrected chi connectivity index (χ3v) is 2.92. The highest BCUT2D eigenvalue weighted by atomic mass is 32.1. The Morgan fingerprint density at radius 1 is 1.79 bits per heavy atom. The average Bonchev–Trinajstić information content (AvgIpc) is 2.71. The molecule has 0 aliphatic carbocycles. The van der Waals surface area contributed by atoms with Crippen molar-refractivity contribution in [3.05, 3.63) is 16.6 Å². The van der Waals surface area contributed by atoms with Gasteiger partial charge in [-0.25, -0.2) is 0 Å². The number of morpholine rings is 1. The lowest BCUT2D eigenvalue weighted by molar-refractivity contribution is -0.00234. The molecule has 0 amide bonds. The van der Waals surface area contributed by atoms with Gasteiger partial charge in [0.25, 0.3) is 0 Å². The monoisotopic (exact) mass is 209 g/mol. The lowest BCUT2D eigenvalue weighted by atomic mass is 10.3. The average molecular weight is 209 g/mol. The summed E-state index contributed by atoms with van der Waals surface area (Å²) in [5.41, 5.74) is 1.83. The van der Waals surface area contributed by atoms with E-state index in [1.807, 2.05) is 11.7 Å². The van der Waals surface area contributed by atoms with Crippen molar-refractivity contribution in [3.63, 3.8) is 0 Å². The number of hydrogen-bond donors (Lipinski definition) is 0. The fraction of sp³-hybridized carbons (Fsp3) is 0.556. The normalized spacial score (nSPS) is 23.2. The number of nitrogens with zero attached hydrogens (tertiary/aromatic N) is 3. The minimum absolute atomic E-state index is 0.267. The summed E-state index contributed by atoms with van der Waals surface area (Å²) >= 11 is 1.65. The Bertz CT molecular complexity index is 319. The maximum absolute atomic E-state index is 8.72. The molecule has 2 rings (SSSR count). The fourth-order valence-electron chi connectivity index (χ4n) is 1.46. The smallest absolute Gasteiger partial charge is 0.156 e. The second kappa shape index (κ2) is 4.51. The van der Waals surface area contributed by atoms with Gasteiger partial charge in [-0.2, -0.15) is 5.26 Å². The van der Waals surface area contributed by atoms with E-state index < -0.39 is 0 Å². The van der Waals surface area contributed by atoms with Gasteiger partial charge in [-0.1, -0.05) is 0 Å². The van der Waals surface area contributed by atoms with E-state index in [0.717, 1.165) is 13.1 Å². The summed E-state index contributed by atoms with van der Waals surface area (Å²) in [5, 5.41) is 8.72. The third kappa shape index (κ3) is 2.29. The molecule has 1 aliphatic heterocycles. The van der Waals surface area contributed by atoms with Gasteiger partial charge in [-0.3, -0.25) is 9.88 Å². The second-order valence-corrected chi connectivity index (χ2v) is 4.16. The van der Waals surface area contributed by atoms with Crippen LogP contribution in [0.2, 0.25) is 0 Å². The van der Waals surface area contributed by atoms with Crippen molar-refractivity contribution in [1.82, 2.24) is 9.88 Å². The number of rotatable bonds is 2. The highest BCUT2D eigenvalue weighted by Gasteiger charge is 2.19. The Balaban J connectivity index is 1.90. The van der Waals surface area contributed by atoms with Crippen LogP contribution in [0.3, 0.4) is 0 Å². The van der Waals surface area contributed by atoms with Crippen molar-refractivity contribution >= 4 is 11.3 Å². The van der Waals surface area contributed by atoms with Gasteiger partial charge in [0.15, 0.2) is 6.10 Å². The Morgan fingerprint density at radius 3 is 3.43 bits per heavy atom. The summed E-state index contributed by atoms with van der Waals surface area (Å²) in [6, 6.07) is 2.14. The number of nitriles is 1. The molecule has 74 valence electrons. The van der Waals surface area contributed by atoms with Crippen LogP contribution in [0.1, 0.15) is 4.88 Å². The Hall–Kier alpha value is -0.960. The molecule has 1 fully saturated rings. The van der Waals surface area contributed by atoms with E-state index in [4.69, 9.17) is 10.00 Å². The van der Waals surface area contributed by atoms with Crippen LogP contribution < -0.4 is 0 Å². The highest BCUT2D eigenvalue weighted by molar-refractivity contribution is 7.09. The standard InChI is InChI=1S/C9H11N3OS/c10-3-8-5-12(1-2-13-8)6-9-4-11-7-14-9/h4,7-8H,1-2,5-6H2. The van der Waals surface area contributed by atoms with Crippen molar-refractivity contribution in [1.29, 1.82) is 5.26 Å². The molecular weight excluding hydrogens is 198 g/mol. The highest BCUT2D eigenvalue weighted by Crippen LogP contribution is 2.12. The maximum atomic E-state index is 8.72. The number of hydrogen-bond acceptors (Lipinski definition) is 5. The van der Waals surface area contributed by atoms with Crippen molar-refractivity contribution in [3.8, 4) is 6.07 Å². The quantitative estimate of drug-likeness (QED) is 0.725. The predicted octanol–water partition coefficient (Wildman–Crippen LogP) is 0.867. The van der Waals surface area contributed by atoms with E-state index in [2.05, 4.69) is 16.0 Å². The van der Waals surface area contributed by atoms with Crippen LogP contribution in [0, 0.1) is 11.3 Å². The zero-order valence-corrected chi connectivity index (χ0v) is 8.54. The van der Waals surface area contributed by atoms with Crippen LogP contribution in [-0.2, 0) is 11.3 Å². The predicted molar refractivity (Wildman–Crippen MR) is 52.7 cm³/mol. The third-order valence-electron chi connectivity index (χ3n) is 2.16. The Labute approximate surface area is 86.7 Å². The van der Waals surface area contributed by atoms with Crippen LogP contribution in [0.15, 0.2) is 11.7 Å². The lowest BCUT2D eigenvalue weighted by Gasteiger charge is -2.28. The number of ether oxygens (including phenoxy) is 1. The van der Waals surface area contributed by atoms with Crippen molar-refractivity contribution < 1.29 is 4.74 Å². The van der Waals surface area contributed by atoms with Gasteiger partial charge in [-0.15, -0.1) is 11.3 Å². The molecule has 1 aliphatic rings. The molecule has 1 atom stereocenters. The molecule has 0 radical (unpaired) electrons. The van der Waals surface area contributed by atoms with Crippen molar-refractivity contribution in [2.45, 2.75) is 12.6 Å². The largest absolute Gasteiger partial charge is 0.361 e. The van der Waals surface area contributed by atoms with Crippen molar-refractivity contribution in [2.75, 3.05) is 19.7 Å². The minimum Gasteiger partial charge on any atom is -0.361 e. The molecule has 0 spiro atoms. The molecule has 1 unspecified atom stereocenters. The van der Waals surface area contributed by atoms with Gasteiger partial charge in [0.2, 0.25) is 0 Å². The fourth-order valence-corrected chi connectivity index (χ4v) is 2.10. The molecule has 0 bridgehead atoms. The van der Waals surface area contributed by atoms with E-state index in [9.17, 15) is 0 Å². The van der Waals surface area contributed by atoms with E-state index in [1.165, 1.54) is 4.88 Å². The first-order valence-electron chi connectivity index (χ1n) is 4.49. The van der Waals surface area contributed by atoms with E-state index in [1.54, 1.807) is 11.3 Å². The van der Waals surface area contributed by atoms with Gasteiger partial charge in [0, 0.05) is 30.7 Å². The van der Waals surface area contributed by atoms with E-state index in [-0.39, 0.29) is 6.10 Å². The van der Waals surface area contributed by atoms with Crippen LogP contribution in [0.25, 0.3) is 0 Å². The SMILES string of the molecule is N#CC1CN(Cc2cncs2)CCO1. The van der Waals surface area contributed by atoms with E-state index >= 15 is 0 Å². The first kappa shape index (κ1) is 9.59. The van der Waals surface area contributed by atoms with Crippen LogP contribution >= 0.6 is 11.3 Å². The molecule has 0 saturated carbocycles. The van der Waals surface area contributed by atoms with Gasteiger partial charge in [0.05, 0.1) is 18.2 Å². The van der Waals surface area contributed by atoms with Crippen LogP contribution in [0.4, 0.5) is 0 Å². The molecule has 1 saturated heterocycles. The van der Waals surface area contributed by atoms with Crippen LogP contribution in [-0.4, -0.2) is 35.7 Å². The Kier molecular flexibility index (Phi) is 3.09. The minimum atomic E-state index is -0.267. The van der Waals surface area contributed by atoms with Gasteiger partial charge in [0.1, 0.15) is 0 Å². The lowest BCUT2D eigenvalue weighted by Crippen LogP contribution is -2.41. The van der Waals surface area contributed by atoms with Gasteiger partial charge >= 0.3 is 0 Å². The first-order valence-corrected chi connectivity index (χ1v) is 5.37. The Morgan fingerprint density at radius 2 is 2.71 bits per heavy atom. The molecule has 4 nitrogen and oxygen atoms in total. The zero-order chi connectivity index (χ0) is 9.80. The van der Waals surface area contributed by atoms with E-state index in [0.29, 0.717) is 13.2 Å². The molecule has 0 aromatic carbocycles. The van der Waals surface area contributed by atoms with Crippen molar-refractivity contribution in [2.24, 2.45) is 0 Å². The molecule has 14 heavy (non-hydrogen) atoms. The summed E-state index contributed by atoms with van der Waals surface area (Å²) < 4.78 is 5.26. The molecule has 1 aromatic heterocycles. The summed E-state index contributed by atoms with van der Waals surface area (Å²) in [6.45, 7) is 3.13. The second-order valence-electron chi connectivity index (χ2n) is 3.19. The molecule has 1 aromatic rings. The van der Waals surface area contributed by atoms with Gasteiger partial charge in [-0.05, 0) is 0 Å². The number of thiazole rings is 1. The first-order chi connectivity index (χ1) is 6.88. The number of aromatic nitrogens is 1. The molecule has 0 N–H and O–H groups in total.